The van der Waals surface area contributed by atoms with Gasteiger partial charge < -0.3 is 15.1 Å². The number of carbonyl (C=O) groups is 3. The average Bonchev–Trinajstić information content (AvgIpc) is 3.52. The molecule has 0 spiro atoms. The molecule has 1 aliphatic rings. The summed E-state index contributed by atoms with van der Waals surface area (Å²) in [5.41, 5.74) is 1.24. The van der Waals surface area contributed by atoms with E-state index in [9.17, 15) is 14.4 Å². The molecule has 0 aliphatic heterocycles. The van der Waals surface area contributed by atoms with Crippen LogP contribution in [0, 0.1) is 0 Å². The maximum absolute atomic E-state index is 12.8. The van der Waals surface area contributed by atoms with Crippen LogP contribution in [0.5, 0.6) is 0 Å². The summed E-state index contributed by atoms with van der Waals surface area (Å²) in [6.45, 7) is 5.59. The van der Waals surface area contributed by atoms with Crippen LogP contribution in [0.2, 0.25) is 0 Å². The minimum atomic E-state index is -0.276. The standard InChI is InChI=1S/C23H30N4O3S/c1-3-12-26(13-4-2)21(29)14-18-16-31-23(24-18)25-20(28)15-27(19-10-11-19)22(30)17-8-6-5-7-9-17/h5-9,16,19H,3-4,10-15H2,1-2H3,(H,24,25,28). The first kappa shape index (κ1) is 22.9. The highest BCUT2D eigenvalue weighted by Gasteiger charge is 2.34. The quantitative estimate of drug-likeness (QED) is 0.577. The Bertz CT molecular complexity index is 889. The van der Waals surface area contributed by atoms with Crippen molar-refractivity contribution in [3.8, 4) is 0 Å². The molecule has 7 nitrogen and oxygen atoms in total. The highest BCUT2D eigenvalue weighted by atomic mass is 32.1. The van der Waals surface area contributed by atoms with Gasteiger partial charge in [0.15, 0.2) is 5.13 Å². The van der Waals surface area contributed by atoms with E-state index >= 15 is 0 Å². The highest BCUT2D eigenvalue weighted by Crippen LogP contribution is 2.28. The predicted octanol–water partition coefficient (Wildman–Crippen LogP) is 3.58. The Morgan fingerprint density at radius 2 is 1.77 bits per heavy atom. The number of hydrogen-bond donors (Lipinski definition) is 1. The third-order valence-electron chi connectivity index (χ3n) is 5.05. The van der Waals surface area contributed by atoms with Gasteiger partial charge >= 0.3 is 0 Å². The Labute approximate surface area is 187 Å². The first-order valence-electron chi connectivity index (χ1n) is 10.9. The zero-order valence-corrected chi connectivity index (χ0v) is 19.0. The van der Waals surface area contributed by atoms with E-state index in [2.05, 4.69) is 24.1 Å². The molecule has 31 heavy (non-hydrogen) atoms. The smallest absolute Gasteiger partial charge is 0.254 e. The molecule has 8 heteroatoms. The molecular formula is C23H30N4O3S. The number of thiazole rings is 1. The van der Waals surface area contributed by atoms with Crippen LogP contribution in [0.15, 0.2) is 35.7 Å². The van der Waals surface area contributed by atoms with Gasteiger partial charge in [-0.2, -0.15) is 0 Å². The number of aromatic nitrogens is 1. The lowest BCUT2D eigenvalue weighted by Gasteiger charge is -2.21. The summed E-state index contributed by atoms with van der Waals surface area (Å²) in [6.07, 6.45) is 3.91. The van der Waals surface area contributed by atoms with E-state index in [1.807, 2.05) is 23.1 Å². The molecule has 0 radical (unpaired) electrons. The average molecular weight is 443 g/mol. The summed E-state index contributed by atoms with van der Waals surface area (Å²) >= 11 is 1.30. The van der Waals surface area contributed by atoms with Crippen LogP contribution in [0.25, 0.3) is 0 Å². The number of nitrogens with zero attached hydrogens (tertiary/aromatic N) is 3. The third-order valence-corrected chi connectivity index (χ3v) is 5.86. The molecule has 1 aromatic heterocycles. The van der Waals surface area contributed by atoms with Crippen LogP contribution in [0.1, 0.15) is 55.6 Å². The molecular weight excluding hydrogens is 412 g/mol. The summed E-state index contributed by atoms with van der Waals surface area (Å²) in [7, 11) is 0. The van der Waals surface area contributed by atoms with Gasteiger partial charge in [0.2, 0.25) is 11.8 Å². The fourth-order valence-electron chi connectivity index (χ4n) is 3.43. The van der Waals surface area contributed by atoms with Crippen molar-refractivity contribution in [3.63, 3.8) is 0 Å². The van der Waals surface area contributed by atoms with E-state index in [-0.39, 0.29) is 36.7 Å². The lowest BCUT2D eigenvalue weighted by molar-refractivity contribution is -0.130. The first-order valence-corrected chi connectivity index (χ1v) is 11.8. The molecule has 2 aromatic rings. The topological polar surface area (TPSA) is 82.6 Å². The normalized spacial score (nSPS) is 13.0. The van der Waals surface area contributed by atoms with Gasteiger partial charge in [0, 0.05) is 30.1 Å². The van der Waals surface area contributed by atoms with Crippen LogP contribution in [0.4, 0.5) is 5.13 Å². The number of amides is 3. The summed E-state index contributed by atoms with van der Waals surface area (Å²) in [4.78, 5) is 45.8. The number of anilines is 1. The number of nitrogens with one attached hydrogen (secondary N) is 1. The molecule has 1 heterocycles. The van der Waals surface area contributed by atoms with E-state index in [1.54, 1.807) is 22.4 Å². The van der Waals surface area contributed by atoms with Gasteiger partial charge in [0.05, 0.1) is 12.1 Å². The molecule has 3 rings (SSSR count). The lowest BCUT2D eigenvalue weighted by Crippen LogP contribution is -2.39. The number of benzene rings is 1. The summed E-state index contributed by atoms with van der Waals surface area (Å²) in [5.74, 6) is -0.349. The minimum absolute atomic E-state index is 0.00693. The van der Waals surface area contributed by atoms with Crippen molar-refractivity contribution in [3.05, 3.63) is 47.0 Å². The lowest BCUT2D eigenvalue weighted by atomic mass is 10.2. The van der Waals surface area contributed by atoms with E-state index in [1.165, 1.54) is 11.3 Å². The fraction of sp³-hybridized carbons (Fsp3) is 0.478. The van der Waals surface area contributed by atoms with Gasteiger partial charge in [-0.15, -0.1) is 11.3 Å². The second-order valence-corrected chi connectivity index (χ2v) is 8.64. The van der Waals surface area contributed by atoms with Crippen molar-refractivity contribution in [2.75, 3.05) is 25.0 Å². The number of rotatable bonds is 11. The van der Waals surface area contributed by atoms with Gasteiger partial charge in [-0.1, -0.05) is 32.0 Å². The molecule has 3 amide bonds. The molecule has 1 fully saturated rings. The maximum Gasteiger partial charge on any atom is 0.254 e. The second-order valence-electron chi connectivity index (χ2n) is 7.78. The summed E-state index contributed by atoms with van der Waals surface area (Å²) < 4.78 is 0. The predicted molar refractivity (Wildman–Crippen MR) is 122 cm³/mol. The van der Waals surface area contributed by atoms with E-state index in [0.29, 0.717) is 16.4 Å². The number of carbonyl (C=O) groups excluding carboxylic acids is 3. The number of hydrogen-bond acceptors (Lipinski definition) is 5. The second kappa shape index (κ2) is 11.0. The zero-order chi connectivity index (χ0) is 22.2. The zero-order valence-electron chi connectivity index (χ0n) is 18.2. The molecule has 1 N–H and O–H groups in total. The van der Waals surface area contributed by atoms with Crippen molar-refractivity contribution in [2.24, 2.45) is 0 Å². The van der Waals surface area contributed by atoms with Crippen molar-refractivity contribution in [2.45, 2.75) is 52.0 Å². The van der Waals surface area contributed by atoms with Gasteiger partial charge in [0.1, 0.15) is 6.54 Å². The van der Waals surface area contributed by atoms with E-state index < -0.39 is 0 Å². The Morgan fingerprint density at radius 1 is 1.10 bits per heavy atom. The van der Waals surface area contributed by atoms with Crippen molar-refractivity contribution in [1.29, 1.82) is 0 Å². The molecule has 0 atom stereocenters. The third kappa shape index (κ3) is 6.62. The molecule has 0 bridgehead atoms. The van der Waals surface area contributed by atoms with Crippen molar-refractivity contribution >= 4 is 34.2 Å². The Balaban J connectivity index is 1.56. The fourth-order valence-corrected chi connectivity index (χ4v) is 4.15. The Hall–Kier alpha value is -2.74. The first-order chi connectivity index (χ1) is 15.0. The Kier molecular flexibility index (Phi) is 8.17. The summed E-state index contributed by atoms with van der Waals surface area (Å²) in [5, 5.41) is 5.04. The van der Waals surface area contributed by atoms with Crippen LogP contribution < -0.4 is 5.32 Å². The Morgan fingerprint density at radius 3 is 2.39 bits per heavy atom. The molecule has 166 valence electrons. The van der Waals surface area contributed by atoms with Gasteiger partial charge in [-0.25, -0.2) is 4.98 Å². The molecule has 0 unspecified atom stereocenters. The van der Waals surface area contributed by atoms with E-state index in [4.69, 9.17) is 0 Å². The van der Waals surface area contributed by atoms with Crippen LogP contribution in [0.3, 0.4) is 0 Å². The van der Waals surface area contributed by atoms with Crippen molar-refractivity contribution in [1.82, 2.24) is 14.8 Å². The van der Waals surface area contributed by atoms with Gasteiger partial charge in [-0.05, 0) is 37.8 Å². The van der Waals surface area contributed by atoms with Crippen LogP contribution in [-0.4, -0.2) is 58.2 Å². The minimum Gasteiger partial charge on any atom is -0.342 e. The van der Waals surface area contributed by atoms with Gasteiger partial charge in [-0.3, -0.25) is 14.4 Å². The van der Waals surface area contributed by atoms with E-state index in [0.717, 1.165) is 38.8 Å². The summed E-state index contributed by atoms with van der Waals surface area (Å²) in [6, 6.07) is 9.14. The monoisotopic (exact) mass is 442 g/mol. The maximum atomic E-state index is 12.8. The molecule has 0 saturated heterocycles. The molecule has 1 aromatic carbocycles. The van der Waals surface area contributed by atoms with Crippen molar-refractivity contribution < 1.29 is 14.4 Å². The van der Waals surface area contributed by atoms with Crippen LogP contribution >= 0.6 is 11.3 Å². The highest BCUT2D eigenvalue weighted by molar-refractivity contribution is 7.13. The molecule has 1 saturated carbocycles. The largest absolute Gasteiger partial charge is 0.342 e. The molecule has 1 aliphatic carbocycles. The SMILES string of the molecule is CCCN(CCC)C(=O)Cc1csc(NC(=O)CN(C(=O)c2ccccc2)C2CC2)n1. The van der Waals surface area contributed by atoms with Crippen LogP contribution in [-0.2, 0) is 16.0 Å². The van der Waals surface area contributed by atoms with Gasteiger partial charge in [0.25, 0.3) is 5.91 Å².